The number of nitro groups is 1. The lowest BCUT2D eigenvalue weighted by Gasteiger charge is -2.15. The van der Waals surface area contributed by atoms with Crippen LogP contribution in [0.5, 0.6) is 0 Å². The Morgan fingerprint density at radius 3 is 2.54 bits per heavy atom. The van der Waals surface area contributed by atoms with Gasteiger partial charge in [0.15, 0.2) is 5.84 Å². The van der Waals surface area contributed by atoms with E-state index in [0.29, 0.717) is 4.47 Å². The zero-order valence-corrected chi connectivity index (χ0v) is 16.9. The van der Waals surface area contributed by atoms with Gasteiger partial charge in [0, 0.05) is 29.2 Å². The second kappa shape index (κ2) is 8.91. The minimum Gasteiger partial charge on any atom is -0.380 e. The highest BCUT2D eigenvalue weighted by Crippen LogP contribution is 2.18. The molecule has 0 saturated heterocycles. The number of non-ortho nitro benzene ring substituents is 1. The summed E-state index contributed by atoms with van der Waals surface area (Å²) in [7, 11) is -2.69. The van der Waals surface area contributed by atoms with Crippen LogP contribution in [0.1, 0.15) is 5.56 Å². The molecule has 12 heteroatoms. The summed E-state index contributed by atoms with van der Waals surface area (Å²) in [6.07, 6.45) is 0. The molecule has 2 rings (SSSR count). The number of nitrogens with zero attached hydrogens (tertiary/aromatic N) is 3. The molecule has 0 amide bonds. The third-order valence-electron chi connectivity index (χ3n) is 3.47. The molecule has 0 aliphatic rings. The first-order valence-corrected chi connectivity index (χ1v) is 9.84. The Balaban J connectivity index is 2.04. The zero-order valence-electron chi connectivity index (χ0n) is 14.5. The van der Waals surface area contributed by atoms with E-state index >= 15 is 0 Å². The predicted molar refractivity (Wildman–Crippen MR) is 104 cm³/mol. The van der Waals surface area contributed by atoms with Gasteiger partial charge in [-0.3, -0.25) is 10.1 Å². The first kappa shape index (κ1) is 21.5. The first-order valence-electron chi connectivity index (χ1n) is 7.61. The highest BCUT2D eigenvalue weighted by atomic mass is 79.9. The number of sulfonamides is 1. The Morgan fingerprint density at radius 1 is 1.29 bits per heavy atom. The van der Waals surface area contributed by atoms with Crippen molar-refractivity contribution in [2.45, 2.75) is 4.90 Å². The molecule has 0 fully saturated rings. The molecule has 0 radical (unpaired) electrons. The molecule has 0 spiro atoms. The number of nitrogens with two attached hydrogens (primary N) is 1. The topological polar surface area (TPSA) is 145 Å². The van der Waals surface area contributed by atoms with Crippen LogP contribution in [0, 0.1) is 10.1 Å². The average molecular weight is 471 g/mol. The molecule has 2 aromatic carbocycles. The van der Waals surface area contributed by atoms with Crippen LogP contribution < -0.4 is 5.73 Å². The van der Waals surface area contributed by atoms with Crippen LogP contribution >= 0.6 is 15.9 Å². The summed E-state index contributed by atoms with van der Waals surface area (Å²) in [5, 5.41) is 14.2. The molecule has 2 N–H and O–H groups in total. The van der Waals surface area contributed by atoms with Gasteiger partial charge in [0.05, 0.1) is 9.82 Å². The number of hydrogen-bond donors (Lipinski definition) is 1. The van der Waals surface area contributed by atoms with Gasteiger partial charge >= 0.3 is 5.97 Å². The fourth-order valence-corrected chi connectivity index (χ4v) is 3.39. The lowest BCUT2D eigenvalue weighted by Crippen LogP contribution is -2.32. The second-order valence-electron chi connectivity index (χ2n) is 5.46. The lowest BCUT2D eigenvalue weighted by atomic mass is 10.2. The number of oxime groups is 1. The molecule has 2 aromatic rings. The van der Waals surface area contributed by atoms with Gasteiger partial charge in [-0.15, -0.1) is 0 Å². The van der Waals surface area contributed by atoms with Crippen molar-refractivity contribution in [3.63, 3.8) is 0 Å². The Morgan fingerprint density at radius 2 is 1.93 bits per heavy atom. The fraction of sp³-hybridized carbons (Fsp3) is 0.125. The number of halogens is 1. The minimum atomic E-state index is -3.90. The number of rotatable bonds is 7. The average Bonchev–Trinajstić information content (AvgIpc) is 2.66. The number of benzene rings is 2. The zero-order chi connectivity index (χ0) is 20.9. The monoisotopic (exact) mass is 470 g/mol. The van der Waals surface area contributed by atoms with Crippen LogP contribution in [-0.2, 0) is 19.7 Å². The molecule has 0 heterocycles. The molecule has 28 heavy (non-hydrogen) atoms. The summed E-state index contributed by atoms with van der Waals surface area (Å²) < 4.78 is 26.3. The van der Waals surface area contributed by atoms with E-state index in [1.807, 2.05) is 0 Å². The van der Waals surface area contributed by atoms with Crippen LogP contribution in [-0.4, -0.2) is 43.0 Å². The van der Waals surface area contributed by atoms with Crippen molar-refractivity contribution < 1.29 is 23.0 Å². The van der Waals surface area contributed by atoms with Gasteiger partial charge in [-0.1, -0.05) is 33.2 Å². The minimum absolute atomic E-state index is 0.00519. The highest BCUT2D eigenvalue weighted by Gasteiger charge is 2.23. The van der Waals surface area contributed by atoms with E-state index in [0.717, 1.165) is 10.4 Å². The van der Waals surface area contributed by atoms with Gasteiger partial charge in [0.25, 0.3) is 5.69 Å². The van der Waals surface area contributed by atoms with E-state index < -0.39 is 27.5 Å². The number of carbonyl (C=O) groups is 1. The number of likely N-dealkylation sites (N-methyl/N-ethyl adjacent to an activating group) is 1. The molecule has 0 saturated carbocycles. The Labute approximate surface area is 168 Å². The van der Waals surface area contributed by atoms with Crippen LogP contribution in [0.3, 0.4) is 0 Å². The van der Waals surface area contributed by atoms with Crippen LogP contribution in [0.4, 0.5) is 5.69 Å². The number of carbonyl (C=O) groups excluding carboxylic acids is 1. The molecule has 0 aliphatic heterocycles. The molecule has 148 valence electrons. The fourth-order valence-electron chi connectivity index (χ4n) is 2.01. The van der Waals surface area contributed by atoms with Crippen molar-refractivity contribution in [3.8, 4) is 0 Å². The maximum Gasteiger partial charge on any atom is 0.350 e. The molecule has 0 unspecified atom stereocenters. The Bertz CT molecular complexity index is 1020. The summed E-state index contributed by atoms with van der Waals surface area (Å²) in [5.74, 6) is -1.24. The number of hydrogen-bond acceptors (Lipinski definition) is 7. The van der Waals surface area contributed by atoms with Crippen molar-refractivity contribution in [2.75, 3.05) is 13.6 Å². The van der Waals surface area contributed by atoms with Crippen molar-refractivity contribution in [1.82, 2.24) is 4.31 Å². The van der Waals surface area contributed by atoms with E-state index in [2.05, 4.69) is 25.9 Å². The summed E-state index contributed by atoms with van der Waals surface area (Å²) >= 11 is 3.21. The number of nitro benzene ring substituents is 1. The maximum atomic E-state index is 12.4. The molecule has 0 aliphatic carbocycles. The molecule has 0 atom stereocenters. The molecular weight excluding hydrogens is 456 g/mol. The largest absolute Gasteiger partial charge is 0.380 e. The lowest BCUT2D eigenvalue weighted by molar-refractivity contribution is -0.384. The van der Waals surface area contributed by atoms with E-state index in [1.165, 1.54) is 37.4 Å². The van der Waals surface area contributed by atoms with Crippen LogP contribution in [0.25, 0.3) is 0 Å². The van der Waals surface area contributed by atoms with Gasteiger partial charge in [-0.25, -0.2) is 13.2 Å². The highest BCUT2D eigenvalue weighted by molar-refractivity contribution is 9.10. The number of amidine groups is 1. The Kier molecular flexibility index (Phi) is 6.83. The van der Waals surface area contributed by atoms with Crippen LogP contribution in [0.15, 0.2) is 63.1 Å². The van der Waals surface area contributed by atoms with E-state index in [1.54, 1.807) is 12.1 Å². The summed E-state index contributed by atoms with van der Waals surface area (Å²) in [6, 6.07) is 11.2. The smallest absolute Gasteiger partial charge is 0.350 e. The molecule has 0 bridgehead atoms. The first-order chi connectivity index (χ1) is 13.1. The normalized spacial score (nSPS) is 12.0. The van der Waals surface area contributed by atoms with Gasteiger partial charge in [-0.2, -0.15) is 4.31 Å². The standard InChI is InChI=1S/C16H15BrN4O6S/c1-20(28(25,26)14-7-5-12(17)6-8-14)10-15(22)27-19-16(18)11-3-2-4-13(9-11)21(23)24/h2-9H,10H2,1H3,(H2,18,19). The van der Waals surface area contributed by atoms with Crippen molar-refractivity contribution in [1.29, 1.82) is 0 Å². The van der Waals surface area contributed by atoms with Gasteiger partial charge < -0.3 is 10.6 Å². The van der Waals surface area contributed by atoms with E-state index in [-0.39, 0.29) is 22.0 Å². The third kappa shape index (κ3) is 5.34. The summed E-state index contributed by atoms with van der Waals surface area (Å²) in [6.45, 7) is -0.607. The van der Waals surface area contributed by atoms with Crippen molar-refractivity contribution in [2.24, 2.45) is 10.9 Å². The van der Waals surface area contributed by atoms with Gasteiger partial charge in [0.1, 0.15) is 6.54 Å². The quantitative estimate of drug-likeness (QED) is 0.213. The predicted octanol–water partition coefficient (Wildman–Crippen LogP) is 1.84. The van der Waals surface area contributed by atoms with Gasteiger partial charge in [0.2, 0.25) is 10.0 Å². The maximum absolute atomic E-state index is 12.4. The van der Waals surface area contributed by atoms with E-state index in [4.69, 9.17) is 5.73 Å². The summed E-state index contributed by atoms with van der Waals surface area (Å²) in [5.41, 5.74) is 5.62. The SMILES string of the molecule is CN(CC(=O)O/N=C(\N)c1cccc([N+](=O)[O-])c1)S(=O)(=O)c1ccc(Br)cc1. The molecule has 0 aromatic heterocycles. The Hall–Kier alpha value is -2.83. The van der Waals surface area contributed by atoms with Crippen LogP contribution in [0.2, 0.25) is 0 Å². The molecular formula is C16H15BrN4O6S. The van der Waals surface area contributed by atoms with Gasteiger partial charge in [-0.05, 0) is 24.3 Å². The summed E-state index contributed by atoms with van der Waals surface area (Å²) in [4.78, 5) is 26.7. The molecule has 10 nitrogen and oxygen atoms in total. The van der Waals surface area contributed by atoms with Crippen molar-refractivity contribution in [3.05, 3.63) is 68.7 Å². The van der Waals surface area contributed by atoms with E-state index in [9.17, 15) is 23.3 Å². The van der Waals surface area contributed by atoms with Crippen molar-refractivity contribution >= 4 is 43.4 Å². The third-order valence-corrected chi connectivity index (χ3v) is 5.82. The second-order valence-corrected chi connectivity index (χ2v) is 8.42.